The van der Waals surface area contributed by atoms with E-state index in [-0.39, 0.29) is 18.6 Å². The van der Waals surface area contributed by atoms with E-state index < -0.39 is 0 Å². The van der Waals surface area contributed by atoms with E-state index in [1.807, 2.05) is 18.2 Å². The monoisotopic (exact) mass is 294 g/mol. The largest absolute Gasteiger partial charge is 0.396 e. The molecule has 1 aromatic rings. The number of benzene rings is 1. The summed E-state index contributed by atoms with van der Waals surface area (Å²) in [5, 5.41) is 15.0. The zero-order valence-electron chi connectivity index (χ0n) is 11.6. The molecule has 5 heteroatoms. The Balaban J connectivity index is 1.76. The van der Waals surface area contributed by atoms with Gasteiger partial charge < -0.3 is 15.7 Å². The van der Waals surface area contributed by atoms with Crippen molar-refractivity contribution in [1.82, 2.24) is 5.32 Å². The van der Waals surface area contributed by atoms with Crippen molar-refractivity contribution in [3.63, 3.8) is 0 Å². The van der Waals surface area contributed by atoms with Gasteiger partial charge in [0.05, 0.1) is 6.04 Å². The molecule has 20 heavy (non-hydrogen) atoms. The number of hydrogen-bond acceptors (Lipinski definition) is 4. The van der Waals surface area contributed by atoms with Crippen molar-refractivity contribution in [3.8, 4) is 0 Å². The van der Waals surface area contributed by atoms with Crippen LogP contribution in [0.15, 0.2) is 24.3 Å². The van der Waals surface area contributed by atoms with Crippen LogP contribution in [0.25, 0.3) is 0 Å². The Labute approximate surface area is 124 Å². The summed E-state index contributed by atoms with van der Waals surface area (Å²) in [5.74, 6) is 2.01. The molecule has 1 aliphatic heterocycles. The lowest BCUT2D eigenvalue weighted by Crippen LogP contribution is -2.40. The summed E-state index contributed by atoms with van der Waals surface area (Å²) in [6, 6.07) is 7.88. The van der Waals surface area contributed by atoms with Crippen molar-refractivity contribution in [2.75, 3.05) is 30.0 Å². The number of rotatable bonds is 7. The van der Waals surface area contributed by atoms with Crippen LogP contribution in [-0.4, -0.2) is 41.7 Å². The molecule has 110 valence electrons. The van der Waals surface area contributed by atoms with Gasteiger partial charge in [-0.25, -0.2) is 0 Å². The van der Waals surface area contributed by atoms with Crippen molar-refractivity contribution < 1.29 is 9.90 Å². The van der Waals surface area contributed by atoms with Crippen molar-refractivity contribution in [2.45, 2.75) is 25.3 Å². The minimum Gasteiger partial charge on any atom is -0.396 e. The van der Waals surface area contributed by atoms with E-state index in [9.17, 15) is 4.79 Å². The highest BCUT2D eigenvalue weighted by Gasteiger charge is 2.22. The minimum atomic E-state index is -0.110. The smallest absolute Gasteiger partial charge is 0.241 e. The molecule has 0 spiro atoms. The van der Waals surface area contributed by atoms with Crippen LogP contribution in [0.5, 0.6) is 0 Å². The number of nitrogens with one attached hydrogen (secondary N) is 2. The molecule has 1 aromatic carbocycles. The van der Waals surface area contributed by atoms with E-state index >= 15 is 0 Å². The van der Waals surface area contributed by atoms with Crippen molar-refractivity contribution in [2.24, 2.45) is 0 Å². The van der Waals surface area contributed by atoms with E-state index in [0.717, 1.165) is 43.0 Å². The number of aryl methyl sites for hydroxylation is 1. The Kier molecular flexibility index (Phi) is 6.36. The molecule has 4 nitrogen and oxygen atoms in total. The molecule has 1 amide bonds. The lowest BCUT2D eigenvalue weighted by molar-refractivity contribution is -0.118. The third-order valence-corrected chi connectivity index (χ3v) is 4.45. The maximum Gasteiger partial charge on any atom is 0.241 e. The van der Waals surface area contributed by atoms with Gasteiger partial charge in [-0.15, -0.1) is 0 Å². The van der Waals surface area contributed by atoms with Gasteiger partial charge in [-0.2, -0.15) is 11.8 Å². The van der Waals surface area contributed by atoms with Gasteiger partial charge in [0.25, 0.3) is 0 Å². The Morgan fingerprint density at radius 2 is 2.20 bits per heavy atom. The van der Waals surface area contributed by atoms with Gasteiger partial charge in [-0.05, 0) is 36.6 Å². The molecule has 0 bridgehead atoms. The van der Waals surface area contributed by atoms with E-state index in [2.05, 4.69) is 16.7 Å². The number of aliphatic hydroxyl groups is 1. The number of amides is 1. The van der Waals surface area contributed by atoms with Crippen molar-refractivity contribution in [3.05, 3.63) is 29.8 Å². The van der Waals surface area contributed by atoms with Gasteiger partial charge in [0.15, 0.2) is 0 Å². The van der Waals surface area contributed by atoms with Gasteiger partial charge >= 0.3 is 0 Å². The van der Waals surface area contributed by atoms with Crippen LogP contribution >= 0.6 is 11.8 Å². The molecule has 0 fully saturated rings. The molecule has 1 unspecified atom stereocenters. The number of anilines is 1. The number of carbonyl (C=O) groups excluding carboxylic acids is 1. The molecule has 0 aromatic heterocycles. The zero-order chi connectivity index (χ0) is 14.2. The molecule has 2 rings (SSSR count). The Bertz CT molecular complexity index is 440. The maximum atomic E-state index is 12.1. The first kappa shape index (κ1) is 15.4. The first-order chi connectivity index (χ1) is 9.81. The van der Waals surface area contributed by atoms with Gasteiger partial charge in [-0.3, -0.25) is 4.79 Å². The average Bonchev–Trinajstić information content (AvgIpc) is 2.62. The molecule has 0 radical (unpaired) electrons. The Morgan fingerprint density at radius 1 is 1.35 bits per heavy atom. The molecule has 3 N–H and O–H groups in total. The topological polar surface area (TPSA) is 61.4 Å². The van der Waals surface area contributed by atoms with Gasteiger partial charge in [0.1, 0.15) is 0 Å². The fraction of sp³-hybridized carbons (Fsp3) is 0.533. The van der Waals surface area contributed by atoms with Crippen LogP contribution < -0.4 is 10.6 Å². The number of fused-ring (bicyclic) bond motifs is 1. The fourth-order valence-electron chi connectivity index (χ4n) is 2.28. The Hall–Kier alpha value is -1.04. The van der Waals surface area contributed by atoms with Gasteiger partial charge in [0, 0.05) is 24.6 Å². The lowest BCUT2D eigenvalue weighted by Gasteiger charge is -2.14. The van der Waals surface area contributed by atoms with Crippen LogP contribution in [0.3, 0.4) is 0 Å². The SMILES string of the molecule is O=C1Nc2ccccc2CCC1NCCSCCCO. The van der Waals surface area contributed by atoms with E-state index in [0.29, 0.717) is 0 Å². The number of aliphatic hydroxyl groups excluding tert-OH is 1. The normalized spacial score (nSPS) is 18.2. The van der Waals surface area contributed by atoms with Crippen LogP contribution in [-0.2, 0) is 11.2 Å². The molecular formula is C15H22N2O2S. The third-order valence-electron chi connectivity index (χ3n) is 3.38. The molecule has 1 aliphatic rings. The average molecular weight is 294 g/mol. The first-order valence-corrected chi connectivity index (χ1v) is 8.27. The van der Waals surface area contributed by atoms with E-state index in [4.69, 9.17) is 5.11 Å². The summed E-state index contributed by atoms with van der Waals surface area (Å²) in [5.41, 5.74) is 2.15. The highest BCUT2D eigenvalue weighted by molar-refractivity contribution is 7.99. The van der Waals surface area contributed by atoms with Crippen molar-refractivity contribution in [1.29, 1.82) is 0 Å². The number of thioether (sulfide) groups is 1. The van der Waals surface area contributed by atoms with Crippen LogP contribution in [0.4, 0.5) is 5.69 Å². The molecule has 0 saturated carbocycles. The predicted molar refractivity (Wildman–Crippen MR) is 84.2 cm³/mol. The summed E-state index contributed by atoms with van der Waals surface area (Å²) < 4.78 is 0. The predicted octanol–water partition coefficient (Wildman–Crippen LogP) is 1.65. The van der Waals surface area contributed by atoms with Crippen LogP contribution in [0.2, 0.25) is 0 Å². The maximum absolute atomic E-state index is 12.1. The van der Waals surface area contributed by atoms with Crippen molar-refractivity contribution >= 4 is 23.4 Å². The summed E-state index contributed by atoms with van der Waals surface area (Å²) in [4.78, 5) is 12.1. The number of hydrogen-bond donors (Lipinski definition) is 3. The molecular weight excluding hydrogens is 272 g/mol. The molecule has 1 atom stereocenters. The number of para-hydroxylation sites is 1. The van der Waals surface area contributed by atoms with E-state index in [1.165, 1.54) is 5.56 Å². The molecule has 0 aliphatic carbocycles. The summed E-state index contributed by atoms with van der Waals surface area (Å²) in [7, 11) is 0. The quantitative estimate of drug-likeness (QED) is 0.669. The minimum absolute atomic E-state index is 0.0651. The summed E-state index contributed by atoms with van der Waals surface area (Å²) in [6.45, 7) is 1.08. The third kappa shape index (κ3) is 4.51. The standard InChI is InChI=1S/C15H22N2O2S/c18-9-3-10-20-11-8-16-14-7-6-12-4-1-2-5-13(12)17-15(14)19/h1-2,4-5,14,16,18H,3,6-11H2,(H,17,19). The fourth-order valence-corrected chi connectivity index (χ4v) is 3.08. The second-order valence-electron chi connectivity index (χ2n) is 4.88. The van der Waals surface area contributed by atoms with Gasteiger partial charge in [-0.1, -0.05) is 18.2 Å². The molecule has 1 heterocycles. The van der Waals surface area contributed by atoms with E-state index in [1.54, 1.807) is 11.8 Å². The number of carbonyl (C=O) groups is 1. The van der Waals surface area contributed by atoms with Crippen LogP contribution in [0, 0.1) is 0 Å². The first-order valence-electron chi connectivity index (χ1n) is 7.12. The second kappa shape index (κ2) is 8.29. The summed E-state index contributed by atoms with van der Waals surface area (Å²) in [6.07, 6.45) is 2.60. The second-order valence-corrected chi connectivity index (χ2v) is 6.11. The Morgan fingerprint density at radius 3 is 3.05 bits per heavy atom. The van der Waals surface area contributed by atoms with Gasteiger partial charge in [0.2, 0.25) is 5.91 Å². The highest BCUT2D eigenvalue weighted by atomic mass is 32.2. The van der Waals surface area contributed by atoms with Crippen LogP contribution in [0.1, 0.15) is 18.4 Å². The highest BCUT2D eigenvalue weighted by Crippen LogP contribution is 2.21. The molecule has 0 saturated heterocycles. The zero-order valence-corrected chi connectivity index (χ0v) is 12.4. The summed E-state index contributed by atoms with van der Waals surface area (Å²) >= 11 is 1.81. The lowest BCUT2D eigenvalue weighted by atomic mass is 10.1.